The monoisotopic (exact) mass is 336 g/mol. The summed E-state index contributed by atoms with van der Waals surface area (Å²) >= 11 is 0. The van der Waals surface area contributed by atoms with Crippen LogP contribution in [0.3, 0.4) is 0 Å². The molecule has 0 radical (unpaired) electrons. The van der Waals surface area contributed by atoms with Gasteiger partial charge in [-0.2, -0.15) is 0 Å². The molecule has 2 aliphatic heterocycles. The Bertz CT molecular complexity index is 1250. The number of rotatable bonds is 1. The van der Waals surface area contributed by atoms with E-state index in [1.807, 2.05) is 72.8 Å². The predicted molar refractivity (Wildman–Crippen MR) is 109 cm³/mol. The predicted octanol–water partition coefficient (Wildman–Crippen LogP) is 5.30. The van der Waals surface area contributed by atoms with Gasteiger partial charge in [-0.1, -0.05) is 12.7 Å². The number of aromatic nitrogens is 4. The molecule has 5 heterocycles. The van der Waals surface area contributed by atoms with Gasteiger partial charge in [-0.3, -0.25) is 0 Å². The molecule has 0 spiro atoms. The van der Waals surface area contributed by atoms with Gasteiger partial charge in [-0.15, -0.1) is 0 Å². The topological polar surface area (TPSA) is 57.4 Å². The van der Waals surface area contributed by atoms with Crippen molar-refractivity contribution in [2.75, 3.05) is 0 Å². The fraction of sp³-hybridized carbons (Fsp3) is 0. The minimum atomic E-state index is 0.902. The van der Waals surface area contributed by atoms with Crippen molar-refractivity contribution in [2.24, 2.45) is 0 Å². The molecule has 4 heteroatoms. The van der Waals surface area contributed by atoms with E-state index < -0.39 is 0 Å². The molecule has 0 amide bonds. The van der Waals surface area contributed by atoms with Crippen LogP contribution in [-0.2, 0) is 0 Å². The molecule has 4 nitrogen and oxygen atoms in total. The van der Waals surface area contributed by atoms with Gasteiger partial charge >= 0.3 is 0 Å². The highest BCUT2D eigenvalue weighted by atomic mass is 14.8. The smallest absolute Gasteiger partial charge is 0.0730 e. The summed E-state index contributed by atoms with van der Waals surface area (Å²) in [4.78, 5) is 16.2. The molecule has 2 aliphatic rings. The van der Waals surface area contributed by atoms with E-state index in [0.717, 1.165) is 50.4 Å². The summed E-state index contributed by atoms with van der Waals surface area (Å²) in [7, 11) is 0. The number of aromatic amines is 2. The molecule has 0 saturated heterocycles. The van der Waals surface area contributed by atoms with Crippen molar-refractivity contribution in [3.05, 3.63) is 77.4 Å². The zero-order chi connectivity index (χ0) is 17.5. The third-order valence-corrected chi connectivity index (χ3v) is 4.46. The summed E-state index contributed by atoms with van der Waals surface area (Å²) in [6.45, 7) is 3.96. The lowest BCUT2D eigenvalue weighted by Crippen LogP contribution is -1.81. The van der Waals surface area contributed by atoms with Crippen molar-refractivity contribution in [1.29, 1.82) is 0 Å². The van der Waals surface area contributed by atoms with Crippen LogP contribution in [0.15, 0.2) is 49.0 Å². The van der Waals surface area contributed by atoms with Gasteiger partial charge in [0.05, 0.1) is 22.8 Å². The van der Waals surface area contributed by atoms with Gasteiger partial charge in [0.2, 0.25) is 0 Å². The highest BCUT2D eigenvalue weighted by Gasteiger charge is 2.05. The van der Waals surface area contributed by atoms with Crippen LogP contribution < -0.4 is 0 Å². The van der Waals surface area contributed by atoms with E-state index in [9.17, 15) is 0 Å². The van der Waals surface area contributed by atoms with Crippen LogP contribution in [0.2, 0.25) is 0 Å². The number of nitrogens with zero attached hydrogens (tertiary/aromatic N) is 2. The molecule has 5 rings (SSSR count). The molecule has 3 aromatic rings. The highest BCUT2D eigenvalue weighted by molar-refractivity contribution is 5.83. The van der Waals surface area contributed by atoms with E-state index >= 15 is 0 Å². The molecular weight excluding hydrogens is 320 g/mol. The van der Waals surface area contributed by atoms with Crippen LogP contribution in [0.5, 0.6) is 0 Å². The second kappa shape index (κ2) is 5.70. The van der Waals surface area contributed by atoms with Gasteiger partial charge < -0.3 is 9.97 Å². The summed E-state index contributed by atoms with van der Waals surface area (Å²) in [6.07, 6.45) is 9.91. The van der Waals surface area contributed by atoms with Gasteiger partial charge in [0.25, 0.3) is 0 Å². The fourth-order valence-corrected chi connectivity index (χ4v) is 3.25. The molecular formula is C22H16N4. The minimum Gasteiger partial charge on any atom is -0.355 e. The number of hydrogen-bond donors (Lipinski definition) is 2. The number of nitrogens with one attached hydrogen (secondary N) is 2. The van der Waals surface area contributed by atoms with E-state index in [4.69, 9.17) is 4.98 Å². The van der Waals surface area contributed by atoms with Gasteiger partial charge in [0.15, 0.2) is 0 Å². The SMILES string of the molecule is C=Cc1c2nc(cc3ccc(cc4nc(cc5ccc1[nH]5)C=C4)[nH]3)C=C2. The Labute approximate surface area is 150 Å². The molecule has 3 aromatic heterocycles. The van der Waals surface area contributed by atoms with E-state index in [-0.39, 0.29) is 0 Å². The van der Waals surface area contributed by atoms with E-state index in [0.29, 0.717) is 0 Å². The van der Waals surface area contributed by atoms with Crippen LogP contribution in [-0.4, -0.2) is 19.9 Å². The molecule has 0 aliphatic carbocycles. The summed E-state index contributed by atoms with van der Waals surface area (Å²) in [5.74, 6) is 0. The van der Waals surface area contributed by atoms with Crippen LogP contribution in [0.25, 0.3) is 52.4 Å². The van der Waals surface area contributed by atoms with E-state index in [1.165, 1.54) is 0 Å². The Kier molecular flexibility index (Phi) is 3.22. The largest absolute Gasteiger partial charge is 0.355 e. The highest BCUT2D eigenvalue weighted by Crippen LogP contribution is 2.21. The summed E-state index contributed by atoms with van der Waals surface area (Å²) in [6, 6.07) is 14.3. The Morgan fingerprint density at radius 2 is 1.27 bits per heavy atom. The average Bonchev–Trinajstić information content (AvgIpc) is 3.39. The fourth-order valence-electron chi connectivity index (χ4n) is 3.25. The Balaban J connectivity index is 1.90. The minimum absolute atomic E-state index is 0.902. The molecule has 2 N–H and O–H groups in total. The molecule has 26 heavy (non-hydrogen) atoms. The standard InChI is InChI=1S/C22H16N4/c1-2-20-21-9-7-18(25-21)12-16-5-3-14(23-16)11-15-4-6-17(24-15)13-19-8-10-22(20)26-19/h2-13,23,26H,1H2. The second-order valence-electron chi connectivity index (χ2n) is 6.30. The normalized spacial score (nSPS) is 12.5. The Morgan fingerprint density at radius 1 is 0.692 bits per heavy atom. The zero-order valence-electron chi connectivity index (χ0n) is 14.0. The number of hydrogen-bond acceptors (Lipinski definition) is 2. The van der Waals surface area contributed by atoms with E-state index in [1.54, 1.807) is 0 Å². The van der Waals surface area contributed by atoms with Gasteiger partial charge in [-0.05, 0) is 66.8 Å². The Hall–Kier alpha value is -3.66. The second-order valence-corrected chi connectivity index (χ2v) is 6.30. The quantitative estimate of drug-likeness (QED) is 0.436. The van der Waals surface area contributed by atoms with Crippen molar-refractivity contribution >= 4 is 52.4 Å². The van der Waals surface area contributed by atoms with Crippen molar-refractivity contribution < 1.29 is 0 Å². The maximum absolute atomic E-state index is 4.73. The van der Waals surface area contributed by atoms with Crippen LogP contribution in [0.4, 0.5) is 0 Å². The van der Waals surface area contributed by atoms with Crippen molar-refractivity contribution in [3.8, 4) is 0 Å². The van der Waals surface area contributed by atoms with Gasteiger partial charge in [-0.25, -0.2) is 9.97 Å². The van der Waals surface area contributed by atoms with Crippen molar-refractivity contribution in [1.82, 2.24) is 19.9 Å². The number of H-pyrrole nitrogens is 2. The molecule has 8 bridgehead atoms. The summed E-state index contributed by atoms with van der Waals surface area (Å²) < 4.78 is 0. The maximum Gasteiger partial charge on any atom is 0.0730 e. The first-order valence-electron chi connectivity index (χ1n) is 8.47. The van der Waals surface area contributed by atoms with Gasteiger partial charge in [0, 0.05) is 27.6 Å². The average molecular weight is 336 g/mol. The van der Waals surface area contributed by atoms with Crippen molar-refractivity contribution in [2.45, 2.75) is 0 Å². The van der Waals surface area contributed by atoms with Crippen LogP contribution in [0.1, 0.15) is 28.3 Å². The first-order valence-corrected chi connectivity index (χ1v) is 8.47. The van der Waals surface area contributed by atoms with E-state index in [2.05, 4.69) is 21.5 Å². The van der Waals surface area contributed by atoms with Gasteiger partial charge in [0.1, 0.15) is 0 Å². The van der Waals surface area contributed by atoms with Crippen LogP contribution in [0, 0.1) is 0 Å². The Morgan fingerprint density at radius 3 is 1.96 bits per heavy atom. The first-order chi connectivity index (χ1) is 12.8. The lowest BCUT2D eigenvalue weighted by atomic mass is 10.2. The van der Waals surface area contributed by atoms with Crippen LogP contribution >= 0.6 is 0 Å². The molecule has 0 fully saturated rings. The molecule has 0 aromatic carbocycles. The third-order valence-electron chi connectivity index (χ3n) is 4.46. The summed E-state index contributed by atoms with van der Waals surface area (Å²) in [5.41, 5.74) is 8.65. The molecule has 0 atom stereocenters. The molecule has 0 saturated carbocycles. The maximum atomic E-state index is 4.73. The summed E-state index contributed by atoms with van der Waals surface area (Å²) in [5, 5.41) is 0. The molecule has 0 unspecified atom stereocenters. The number of fused-ring (bicyclic) bond motifs is 8. The van der Waals surface area contributed by atoms with Crippen molar-refractivity contribution in [3.63, 3.8) is 0 Å². The lowest BCUT2D eigenvalue weighted by Gasteiger charge is -1.94. The molecule has 124 valence electrons. The zero-order valence-corrected chi connectivity index (χ0v) is 14.0. The first kappa shape index (κ1) is 14.7. The third kappa shape index (κ3) is 2.58. The lowest BCUT2D eigenvalue weighted by molar-refractivity contribution is 1.31.